The first-order valence-electron chi connectivity index (χ1n) is 7.34. The molecule has 0 unspecified atom stereocenters. The Balaban J connectivity index is 1.67. The van der Waals surface area contributed by atoms with E-state index in [1.54, 1.807) is 7.11 Å². The van der Waals surface area contributed by atoms with Crippen LogP contribution in [0.2, 0.25) is 0 Å². The minimum atomic E-state index is -0.304. The molecule has 3 aromatic rings. The number of methoxy groups -OCH3 is 1. The maximum atomic E-state index is 12.1. The van der Waals surface area contributed by atoms with Crippen LogP contribution in [-0.2, 0) is 0 Å². The van der Waals surface area contributed by atoms with Gasteiger partial charge in [0.05, 0.1) is 19.5 Å². The lowest BCUT2D eigenvalue weighted by molar-refractivity contribution is 0.102. The van der Waals surface area contributed by atoms with Crippen molar-refractivity contribution in [3.8, 4) is 5.75 Å². The van der Waals surface area contributed by atoms with Crippen molar-refractivity contribution < 1.29 is 9.53 Å². The summed E-state index contributed by atoms with van der Waals surface area (Å²) < 4.78 is 5.17. The summed E-state index contributed by atoms with van der Waals surface area (Å²) in [6.07, 6.45) is 2.94. The number of ether oxygens (including phenoxy) is 1. The number of anilines is 3. The lowest BCUT2D eigenvalue weighted by Crippen LogP contribution is -2.14. The molecule has 0 aliphatic carbocycles. The van der Waals surface area contributed by atoms with Crippen LogP contribution in [-0.4, -0.2) is 23.0 Å². The van der Waals surface area contributed by atoms with E-state index in [1.165, 1.54) is 12.4 Å². The molecule has 120 valence electrons. The van der Waals surface area contributed by atoms with Gasteiger partial charge in [0.25, 0.3) is 5.91 Å². The third-order valence-corrected chi connectivity index (χ3v) is 3.26. The van der Waals surface area contributed by atoms with E-state index in [4.69, 9.17) is 4.74 Å². The molecular weight excluding hydrogens is 304 g/mol. The lowest BCUT2D eigenvalue weighted by Gasteiger charge is -2.08. The van der Waals surface area contributed by atoms with Crippen molar-refractivity contribution in [2.45, 2.75) is 0 Å². The number of rotatable bonds is 5. The molecule has 1 aromatic heterocycles. The summed E-state index contributed by atoms with van der Waals surface area (Å²) in [5.41, 5.74) is 1.78. The van der Waals surface area contributed by atoms with Crippen LogP contribution in [0.3, 0.4) is 0 Å². The molecule has 3 rings (SSSR count). The fourth-order valence-electron chi connectivity index (χ4n) is 2.08. The van der Waals surface area contributed by atoms with Gasteiger partial charge >= 0.3 is 0 Å². The predicted octanol–water partition coefficient (Wildman–Crippen LogP) is 3.48. The zero-order valence-corrected chi connectivity index (χ0v) is 13.1. The molecular formula is C18H16N4O2. The average Bonchev–Trinajstić information content (AvgIpc) is 2.63. The number of carbonyl (C=O) groups excluding carboxylic acids is 1. The zero-order valence-electron chi connectivity index (χ0n) is 13.1. The second-order valence-corrected chi connectivity index (χ2v) is 4.96. The molecule has 6 heteroatoms. The Kier molecular flexibility index (Phi) is 4.67. The van der Waals surface area contributed by atoms with Gasteiger partial charge in [0, 0.05) is 17.4 Å². The van der Waals surface area contributed by atoms with E-state index in [1.807, 2.05) is 54.6 Å². The van der Waals surface area contributed by atoms with Gasteiger partial charge in [0.2, 0.25) is 0 Å². The van der Waals surface area contributed by atoms with Gasteiger partial charge in [0.15, 0.2) is 0 Å². The standard InChI is InChI=1S/C18H16N4O2/c1-24-15-9-5-8-14(10-15)21-17-12-19-16(11-20-17)18(23)22-13-6-3-2-4-7-13/h2-12H,1H3,(H,20,21)(H,22,23). The van der Waals surface area contributed by atoms with Gasteiger partial charge in [-0.15, -0.1) is 0 Å². The Morgan fingerprint density at radius 2 is 1.75 bits per heavy atom. The summed E-state index contributed by atoms with van der Waals surface area (Å²) in [4.78, 5) is 20.5. The molecule has 1 heterocycles. The van der Waals surface area contributed by atoms with Crippen LogP contribution in [0.1, 0.15) is 10.5 Å². The first-order valence-corrected chi connectivity index (χ1v) is 7.34. The van der Waals surface area contributed by atoms with Gasteiger partial charge in [-0.2, -0.15) is 0 Å². The summed E-state index contributed by atoms with van der Waals surface area (Å²) in [6, 6.07) is 16.7. The fraction of sp³-hybridized carbons (Fsp3) is 0.0556. The SMILES string of the molecule is COc1cccc(Nc2cnc(C(=O)Nc3ccccc3)cn2)c1. The Morgan fingerprint density at radius 3 is 2.46 bits per heavy atom. The van der Waals surface area contributed by atoms with Crippen molar-refractivity contribution in [3.05, 3.63) is 72.7 Å². The second-order valence-electron chi connectivity index (χ2n) is 4.96. The summed E-state index contributed by atoms with van der Waals surface area (Å²) in [5.74, 6) is 0.980. The van der Waals surface area contributed by atoms with Gasteiger partial charge in [-0.1, -0.05) is 24.3 Å². The topological polar surface area (TPSA) is 76.1 Å². The monoisotopic (exact) mass is 320 g/mol. The number of nitrogens with one attached hydrogen (secondary N) is 2. The van der Waals surface area contributed by atoms with Gasteiger partial charge in [-0.3, -0.25) is 4.79 Å². The van der Waals surface area contributed by atoms with E-state index in [9.17, 15) is 4.79 Å². The van der Waals surface area contributed by atoms with Crippen LogP contribution in [0.25, 0.3) is 0 Å². The van der Waals surface area contributed by atoms with Crippen LogP contribution in [0.5, 0.6) is 5.75 Å². The maximum Gasteiger partial charge on any atom is 0.275 e. The van der Waals surface area contributed by atoms with Crippen molar-refractivity contribution >= 4 is 23.1 Å². The summed E-state index contributed by atoms with van der Waals surface area (Å²) in [6.45, 7) is 0. The lowest BCUT2D eigenvalue weighted by atomic mass is 10.3. The normalized spacial score (nSPS) is 10.0. The van der Waals surface area contributed by atoms with Crippen molar-refractivity contribution in [3.63, 3.8) is 0 Å². The largest absolute Gasteiger partial charge is 0.497 e. The number of aromatic nitrogens is 2. The molecule has 0 saturated heterocycles. The Labute approximate surface area is 139 Å². The summed E-state index contributed by atoms with van der Waals surface area (Å²) in [7, 11) is 1.61. The molecule has 24 heavy (non-hydrogen) atoms. The first kappa shape index (κ1) is 15.5. The Bertz CT molecular complexity index is 820. The quantitative estimate of drug-likeness (QED) is 0.752. The number of nitrogens with zero attached hydrogens (tertiary/aromatic N) is 2. The highest BCUT2D eigenvalue weighted by molar-refractivity contribution is 6.02. The zero-order chi connectivity index (χ0) is 16.8. The van der Waals surface area contributed by atoms with Crippen molar-refractivity contribution in [1.29, 1.82) is 0 Å². The van der Waals surface area contributed by atoms with E-state index in [-0.39, 0.29) is 11.6 Å². The third kappa shape index (κ3) is 3.86. The second kappa shape index (κ2) is 7.23. The molecule has 0 radical (unpaired) electrons. The Morgan fingerprint density at radius 1 is 0.958 bits per heavy atom. The smallest absolute Gasteiger partial charge is 0.275 e. The van der Waals surface area contributed by atoms with E-state index in [0.29, 0.717) is 11.5 Å². The van der Waals surface area contributed by atoms with Crippen molar-refractivity contribution in [2.75, 3.05) is 17.7 Å². The molecule has 6 nitrogen and oxygen atoms in total. The molecule has 2 N–H and O–H groups in total. The molecule has 0 saturated carbocycles. The van der Waals surface area contributed by atoms with E-state index in [2.05, 4.69) is 20.6 Å². The summed E-state index contributed by atoms with van der Waals surface area (Å²) in [5, 5.41) is 5.87. The molecule has 0 aliphatic heterocycles. The molecule has 0 spiro atoms. The number of amides is 1. The molecule has 0 aliphatic rings. The number of carbonyl (C=O) groups is 1. The first-order chi connectivity index (χ1) is 11.7. The van der Waals surface area contributed by atoms with Crippen molar-refractivity contribution in [1.82, 2.24) is 9.97 Å². The highest BCUT2D eigenvalue weighted by atomic mass is 16.5. The molecule has 0 atom stereocenters. The minimum Gasteiger partial charge on any atom is -0.497 e. The molecule has 2 aromatic carbocycles. The summed E-state index contributed by atoms with van der Waals surface area (Å²) >= 11 is 0. The van der Waals surface area contributed by atoms with Crippen LogP contribution in [0, 0.1) is 0 Å². The third-order valence-electron chi connectivity index (χ3n) is 3.26. The van der Waals surface area contributed by atoms with E-state index >= 15 is 0 Å². The molecule has 1 amide bonds. The number of hydrogen-bond acceptors (Lipinski definition) is 5. The van der Waals surface area contributed by atoms with Gasteiger partial charge in [-0.05, 0) is 24.3 Å². The van der Waals surface area contributed by atoms with Gasteiger partial charge in [-0.25, -0.2) is 9.97 Å². The number of hydrogen-bond donors (Lipinski definition) is 2. The van der Waals surface area contributed by atoms with Gasteiger partial charge < -0.3 is 15.4 Å². The van der Waals surface area contributed by atoms with Crippen molar-refractivity contribution in [2.24, 2.45) is 0 Å². The highest BCUT2D eigenvalue weighted by Crippen LogP contribution is 2.19. The van der Waals surface area contributed by atoms with Crippen LogP contribution in [0.15, 0.2) is 67.0 Å². The maximum absolute atomic E-state index is 12.1. The number of para-hydroxylation sites is 1. The molecule has 0 bridgehead atoms. The van der Waals surface area contributed by atoms with E-state index < -0.39 is 0 Å². The molecule has 0 fully saturated rings. The van der Waals surface area contributed by atoms with Crippen LogP contribution in [0.4, 0.5) is 17.2 Å². The Hall–Kier alpha value is -3.41. The minimum absolute atomic E-state index is 0.245. The average molecular weight is 320 g/mol. The fourth-order valence-corrected chi connectivity index (χ4v) is 2.08. The van der Waals surface area contributed by atoms with E-state index in [0.717, 1.165) is 11.4 Å². The van der Waals surface area contributed by atoms with Gasteiger partial charge in [0.1, 0.15) is 17.3 Å². The van der Waals surface area contributed by atoms with Crippen LogP contribution < -0.4 is 15.4 Å². The predicted molar refractivity (Wildman–Crippen MR) is 92.7 cm³/mol. The van der Waals surface area contributed by atoms with Crippen LogP contribution >= 0.6 is 0 Å². The number of benzene rings is 2. The highest BCUT2D eigenvalue weighted by Gasteiger charge is 2.08.